The van der Waals surface area contributed by atoms with E-state index in [4.69, 9.17) is 4.74 Å². The number of aryl methyl sites for hydroxylation is 1. The molecule has 0 unspecified atom stereocenters. The Hall–Kier alpha value is -3.01. The van der Waals surface area contributed by atoms with Gasteiger partial charge in [-0.25, -0.2) is 4.98 Å². The molecule has 114 valence electrons. The molecule has 0 fully saturated rings. The Bertz CT molecular complexity index is 774. The highest BCUT2D eigenvalue weighted by Gasteiger charge is 2.14. The van der Waals surface area contributed by atoms with Crippen molar-refractivity contribution in [2.24, 2.45) is 0 Å². The molecule has 0 amide bonds. The molecule has 0 spiro atoms. The Kier molecular flexibility index (Phi) is 4.74. The molecule has 2 aromatic heterocycles. The Morgan fingerprint density at radius 2 is 1.78 bits per heavy atom. The summed E-state index contributed by atoms with van der Waals surface area (Å²) in [6.45, 7) is 0. The summed E-state index contributed by atoms with van der Waals surface area (Å²) in [6, 6.07) is 17.0. The summed E-state index contributed by atoms with van der Waals surface area (Å²) in [4.78, 5) is 20.7. The van der Waals surface area contributed by atoms with Gasteiger partial charge in [-0.2, -0.15) is 0 Å². The monoisotopic (exact) mass is 304 g/mol. The van der Waals surface area contributed by atoms with E-state index in [9.17, 15) is 4.79 Å². The minimum atomic E-state index is 0.0147. The van der Waals surface area contributed by atoms with Crippen LogP contribution in [0.25, 0.3) is 0 Å². The van der Waals surface area contributed by atoms with Crippen LogP contribution in [-0.4, -0.2) is 15.8 Å². The fourth-order valence-corrected chi connectivity index (χ4v) is 2.24. The number of carbonyl (C=O) groups excluding carboxylic acids is 1. The first-order chi connectivity index (χ1) is 11.3. The summed E-state index contributed by atoms with van der Waals surface area (Å²) in [5.74, 6) is 0.891. The third-order valence-corrected chi connectivity index (χ3v) is 3.40. The van der Waals surface area contributed by atoms with Gasteiger partial charge < -0.3 is 4.74 Å². The Balaban J connectivity index is 1.73. The van der Waals surface area contributed by atoms with Crippen LogP contribution in [0.1, 0.15) is 22.3 Å². The van der Waals surface area contributed by atoms with Gasteiger partial charge in [0.05, 0.1) is 11.8 Å². The zero-order valence-electron chi connectivity index (χ0n) is 12.6. The van der Waals surface area contributed by atoms with E-state index in [0.29, 0.717) is 30.0 Å². The SMILES string of the molecule is O=C(CCc1ccccc1)c1cccnc1Oc1cccnc1. The van der Waals surface area contributed by atoms with Gasteiger partial charge in [-0.1, -0.05) is 30.3 Å². The average Bonchev–Trinajstić information content (AvgIpc) is 2.62. The van der Waals surface area contributed by atoms with E-state index in [0.717, 1.165) is 5.56 Å². The predicted octanol–water partition coefficient (Wildman–Crippen LogP) is 4.08. The first-order valence-electron chi connectivity index (χ1n) is 7.43. The van der Waals surface area contributed by atoms with Crippen LogP contribution >= 0.6 is 0 Å². The molecule has 3 aromatic rings. The summed E-state index contributed by atoms with van der Waals surface area (Å²) in [6.07, 6.45) is 5.98. The molecule has 0 bridgehead atoms. The van der Waals surface area contributed by atoms with Gasteiger partial charge in [0.15, 0.2) is 5.78 Å². The number of ether oxygens (including phenoxy) is 1. The van der Waals surface area contributed by atoms with Gasteiger partial charge >= 0.3 is 0 Å². The number of ketones is 1. The largest absolute Gasteiger partial charge is 0.437 e. The topological polar surface area (TPSA) is 52.1 Å². The zero-order chi connectivity index (χ0) is 15.9. The van der Waals surface area contributed by atoms with Gasteiger partial charge in [-0.15, -0.1) is 0 Å². The van der Waals surface area contributed by atoms with Gasteiger partial charge in [0.25, 0.3) is 0 Å². The second-order valence-corrected chi connectivity index (χ2v) is 5.06. The smallest absolute Gasteiger partial charge is 0.230 e. The van der Waals surface area contributed by atoms with Gasteiger partial charge in [0.2, 0.25) is 5.88 Å². The fourth-order valence-electron chi connectivity index (χ4n) is 2.24. The highest BCUT2D eigenvalue weighted by molar-refractivity contribution is 5.98. The van der Waals surface area contributed by atoms with Crippen LogP contribution in [0.4, 0.5) is 0 Å². The summed E-state index contributed by atoms with van der Waals surface area (Å²) < 4.78 is 5.69. The van der Waals surface area contributed by atoms with Crippen molar-refractivity contribution in [3.63, 3.8) is 0 Å². The van der Waals surface area contributed by atoms with Crippen LogP contribution in [0.15, 0.2) is 73.2 Å². The van der Waals surface area contributed by atoms with E-state index < -0.39 is 0 Å². The maximum absolute atomic E-state index is 12.5. The number of Topliss-reactive ketones (excluding diaryl/α,β-unsaturated/α-hetero) is 1. The summed E-state index contributed by atoms with van der Waals surface area (Å²) >= 11 is 0. The third kappa shape index (κ3) is 4.01. The molecule has 4 heteroatoms. The van der Waals surface area contributed by atoms with Gasteiger partial charge in [0.1, 0.15) is 5.75 Å². The Morgan fingerprint density at radius 3 is 2.57 bits per heavy atom. The second kappa shape index (κ2) is 7.31. The number of hydrogen-bond acceptors (Lipinski definition) is 4. The van der Waals surface area contributed by atoms with Gasteiger partial charge in [-0.05, 0) is 36.2 Å². The maximum Gasteiger partial charge on any atom is 0.230 e. The molecule has 0 aliphatic rings. The van der Waals surface area contributed by atoms with E-state index >= 15 is 0 Å². The fraction of sp³-hybridized carbons (Fsp3) is 0.105. The number of carbonyl (C=O) groups is 1. The van der Waals surface area contributed by atoms with E-state index in [-0.39, 0.29) is 5.78 Å². The van der Waals surface area contributed by atoms with Crippen molar-refractivity contribution in [2.75, 3.05) is 0 Å². The second-order valence-electron chi connectivity index (χ2n) is 5.06. The number of nitrogens with zero attached hydrogens (tertiary/aromatic N) is 2. The van der Waals surface area contributed by atoms with Crippen molar-refractivity contribution in [2.45, 2.75) is 12.8 Å². The first-order valence-corrected chi connectivity index (χ1v) is 7.43. The molecular formula is C19H16N2O2. The number of benzene rings is 1. The van der Waals surface area contributed by atoms with Crippen molar-refractivity contribution in [3.8, 4) is 11.6 Å². The molecule has 3 rings (SSSR count). The van der Waals surface area contributed by atoms with Crippen LogP contribution in [-0.2, 0) is 6.42 Å². The maximum atomic E-state index is 12.5. The summed E-state index contributed by atoms with van der Waals surface area (Å²) in [7, 11) is 0. The van der Waals surface area contributed by atoms with Crippen LogP contribution < -0.4 is 4.74 Å². The molecule has 23 heavy (non-hydrogen) atoms. The van der Waals surface area contributed by atoms with Crippen LogP contribution in [0.2, 0.25) is 0 Å². The molecule has 0 saturated heterocycles. The van der Waals surface area contributed by atoms with E-state index in [1.165, 1.54) is 0 Å². The first kappa shape index (κ1) is 14.9. The van der Waals surface area contributed by atoms with Crippen LogP contribution in [0.5, 0.6) is 11.6 Å². The molecule has 1 aromatic carbocycles. The lowest BCUT2D eigenvalue weighted by molar-refractivity contribution is 0.0980. The molecule has 0 saturated carbocycles. The molecule has 4 nitrogen and oxygen atoms in total. The quantitative estimate of drug-likeness (QED) is 0.644. The molecular weight excluding hydrogens is 288 g/mol. The number of pyridine rings is 2. The minimum Gasteiger partial charge on any atom is -0.437 e. The van der Waals surface area contributed by atoms with Crippen LogP contribution in [0, 0.1) is 0 Å². The summed E-state index contributed by atoms with van der Waals surface area (Å²) in [5, 5.41) is 0. The third-order valence-electron chi connectivity index (χ3n) is 3.40. The predicted molar refractivity (Wildman–Crippen MR) is 87.6 cm³/mol. The Labute approximate surface area is 134 Å². The number of rotatable bonds is 6. The molecule has 0 aliphatic heterocycles. The van der Waals surface area contributed by atoms with Crippen LogP contribution in [0.3, 0.4) is 0 Å². The summed E-state index contributed by atoms with van der Waals surface area (Å²) in [5.41, 5.74) is 1.63. The lowest BCUT2D eigenvalue weighted by Gasteiger charge is -2.09. The van der Waals surface area contributed by atoms with Crippen molar-refractivity contribution in [1.82, 2.24) is 9.97 Å². The lowest BCUT2D eigenvalue weighted by Crippen LogP contribution is -2.05. The van der Waals surface area contributed by atoms with Gasteiger partial charge in [-0.3, -0.25) is 9.78 Å². The molecule has 0 aliphatic carbocycles. The lowest BCUT2D eigenvalue weighted by atomic mass is 10.0. The van der Waals surface area contributed by atoms with Crippen molar-refractivity contribution in [1.29, 1.82) is 0 Å². The van der Waals surface area contributed by atoms with E-state index in [1.54, 1.807) is 42.9 Å². The van der Waals surface area contributed by atoms with Crippen molar-refractivity contribution < 1.29 is 9.53 Å². The number of aromatic nitrogens is 2. The van der Waals surface area contributed by atoms with Crippen molar-refractivity contribution >= 4 is 5.78 Å². The molecule has 0 radical (unpaired) electrons. The standard InChI is InChI=1S/C19H16N2O2/c22-18(11-10-15-6-2-1-3-7-15)17-9-5-13-21-19(17)23-16-8-4-12-20-14-16/h1-9,12-14H,10-11H2. The highest BCUT2D eigenvalue weighted by Crippen LogP contribution is 2.23. The Morgan fingerprint density at radius 1 is 0.957 bits per heavy atom. The normalized spacial score (nSPS) is 10.3. The van der Waals surface area contributed by atoms with E-state index in [1.807, 2.05) is 30.3 Å². The van der Waals surface area contributed by atoms with Gasteiger partial charge in [0, 0.05) is 18.8 Å². The van der Waals surface area contributed by atoms with E-state index in [2.05, 4.69) is 9.97 Å². The molecule has 2 heterocycles. The zero-order valence-corrected chi connectivity index (χ0v) is 12.6. The molecule has 0 N–H and O–H groups in total. The average molecular weight is 304 g/mol. The minimum absolute atomic E-state index is 0.0147. The molecule has 0 atom stereocenters. The van der Waals surface area contributed by atoms with Crippen molar-refractivity contribution in [3.05, 3.63) is 84.3 Å². The highest BCUT2D eigenvalue weighted by atomic mass is 16.5. The number of hydrogen-bond donors (Lipinski definition) is 0.